The molecule has 5 heteroatoms. The summed E-state index contributed by atoms with van der Waals surface area (Å²) in [5.41, 5.74) is 5.81. The smallest absolute Gasteiger partial charge is 0.317 e. The van der Waals surface area contributed by atoms with Crippen LogP contribution in [0.2, 0.25) is 0 Å². The monoisotopic (exact) mass is 255 g/mol. The van der Waals surface area contributed by atoms with E-state index in [0.29, 0.717) is 19.2 Å². The Kier molecular flexibility index (Phi) is 4.45. The molecule has 5 nitrogen and oxygen atoms in total. The summed E-state index contributed by atoms with van der Waals surface area (Å²) in [6, 6.07) is 0.359. The predicted molar refractivity (Wildman–Crippen MR) is 70.4 cm³/mol. The molecule has 0 bridgehead atoms. The number of rotatable bonds is 2. The van der Waals surface area contributed by atoms with Gasteiger partial charge in [-0.05, 0) is 32.1 Å². The molecule has 0 aromatic carbocycles. The lowest BCUT2D eigenvalue weighted by molar-refractivity contribution is -0.118. The number of nitrogens with zero attached hydrogens (tertiary/aromatic N) is 1. The molecule has 1 saturated heterocycles. The van der Waals surface area contributed by atoms with Crippen LogP contribution in [0.25, 0.3) is 0 Å². The first-order valence-corrected chi connectivity index (χ1v) is 7.07. The molecule has 1 spiro atoms. The van der Waals surface area contributed by atoms with E-state index in [1.807, 2.05) is 4.90 Å². The zero-order valence-corrected chi connectivity index (χ0v) is 11.3. The van der Waals surface area contributed by atoms with Crippen molar-refractivity contribution in [2.24, 2.45) is 5.73 Å². The highest BCUT2D eigenvalue weighted by Gasteiger charge is 2.40. The second-order valence-electron chi connectivity index (χ2n) is 5.52. The lowest BCUT2D eigenvalue weighted by Gasteiger charge is -2.45. The molecule has 0 unspecified atom stereocenters. The maximum absolute atomic E-state index is 12.0. The van der Waals surface area contributed by atoms with Gasteiger partial charge >= 0.3 is 6.03 Å². The Morgan fingerprint density at radius 3 is 2.89 bits per heavy atom. The second kappa shape index (κ2) is 5.89. The van der Waals surface area contributed by atoms with E-state index < -0.39 is 0 Å². The van der Waals surface area contributed by atoms with Gasteiger partial charge in [0, 0.05) is 19.1 Å². The normalized spacial score (nSPS) is 32.6. The summed E-state index contributed by atoms with van der Waals surface area (Å²) < 4.78 is 5.96. The van der Waals surface area contributed by atoms with E-state index in [4.69, 9.17) is 10.5 Å². The van der Waals surface area contributed by atoms with Gasteiger partial charge in [0.1, 0.15) is 0 Å². The molecule has 0 radical (unpaired) electrons. The molecule has 2 rings (SSSR count). The van der Waals surface area contributed by atoms with Gasteiger partial charge in [-0.2, -0.15) is 0 Å². The number of urea groups is 1. The summed E-state index contributed by atoms with van der Waals surface area (Å²) in [5, 5.41) is 2.94. The Hall–Kier alpha value is -0.810. The fourth-order valence-electron chi connectivity index (χ4n) is 2.83. The van der Waals surface area contributed by atoms with Crippen LogP contribution < -0.4 is 11.1 Å². The van der Waals surface area contributed by atoms with Gasteiger partial charge in [0.2, 0.25) is 0 Å². The van der Waals surface area contributed by atoms with Crippen LogP contribution in [0.4, 0.5) is 4.79 Å². The molecule has 2 fully saturated rings. The summed E-state index contributed by atoms with van der Waals surface area (Å²) in [7, 11) is 0. The molecule has 2 amide bonds. The van der Waals surface area contributed by atoms with Gasteiger partial charge in [0.05, 0.1) is 18.8 Å². The average Bonchev–Trinajstić information content (AvgIpc) is 2.40. The maximum atomic E-state index is 12.0. The van der Waals surface area contributed by atoms with Crippen molar-refractivity contribution in [1.82, 2.24) is 10.2 Å². The van der Waals surface area contributed by atoms with Crippen molar-refractivity contribution in [2.75, 3.05) is 26.2 Å². The van der Waals surface area contributed by atoms with Crippen molar-refractivity contribution in [2.45, 2.75) is 50.7 Å². The topological polar surface area (TPSA) is 67.6 Å². The third-order valence-electron chi connectivity index (χ3n) is 4.00. The van der Waals surface area contributed by atoms with Crippen molar-refractivity contribution < 1.29 is 9.53 Å². The number of amides is 2. The van der Waals surface area contributed by atoms with Crippen molar-refractivity contribution in [3.63, 3.8) is 0 Å². The van der Waals surface area contributed by atoms with Crippen molar-refractivity contribution >= 4 is 6.03 Å². The fraction of sp³-hybridized carbons (Fsp3) is 0.923. The summed E-state index contributed by atoms with van der Waals surface area (Å²) in [6.07, 6.45) is 4.93. The minimum Gasteiger partial charge on any atom is -0.371 e. The van der Waals surface area contributed by atoms with Crippen LogP contribution in [0, 0.1) is 0 Å². The Bertz CT molecular complexity index is 288. The number of nitrogens with one attached hydrogen (secondary N) is 1. The first-order chi connectivity index (χ1) is 8.65. The maximum Gasteiger partial charge on any atom is 0.317 e. The van der Waals surface area contributed by atoms with Crippen LogP contribution in [0.3, 0.4) is 0 Å². The van der Waals surface area contributed by atoms with Gasteiger partial charge in [-0.15, -0.1) is 0 Å². The lowest BCUT2D eigenvalue weighted by atomic mass is 9.81. The molecule has 104 valence electrons. The average molecular weight is 255 g/mol. The zero-order valence-electron chi connectivity index (χ0n) is 11.3. The van der Waals surface area contributed by atoms with Gasteiger partial charge in [0.15, 0.2) is 0 Å². The minimum absolute atomic E-state index is 0.0504. The molecule has 18 heavy (non-hydrogen) atoms. The number of morpholine rings is 1. The van der Waals surface area contributed by atoms with E-state index in [1.54, 1.807) is 0 Å². The van der Waals surface area contributed by atoms with Crippen LogP contribution in [-0.2, 0) is 4.74 Å². The summed E-state index contributed by atoms with van der Waals surface area (Å²) in [6.45, 7) is 4.87. The van der Waals surface area contributed by atoms with E-state index in [1.165, 1.54) is 0 Å². The summed E-state index contributed by atoms with van der Waals surface area (Å²) >= 11 is 0. The largest absolute Gasteiger partial charge is 0.371 e. The van der Waals surface area contributed by atoms with E-state index in [9.17, 15) is 4.79 Å². The number of ether oxygens (including phenoxy) is 1. The highest BCUT2D eigenvalue weighted by Crippen LogP contribution is 2.33. The lowest BCUT2D eigenvalue weighted by Crippen LogP contribution is -2.57. The molecule has 0 aromatic rings. The molecule has 3 N–H and O–H groups in total. The molecule has 1 aliphatic heterocycles. The summed E-state index contributed by atoms with van der Waals surface area (Å²) in [4.78, 5) is 13.9. The minimum atomic E-state index is -0.127. The SMILES string of the molecule is CCCNC(=O)N1CCOC2(CCC(N)CC2)C1. The Morgan fingerprint density at radius 2 is 2.22 bits per heavy atom. The third kappa shape index (κ3) is 3.14. The molecule has 1 aliphatic carbocycles. The first kappa shape index (κ1) is 13.6. The van der Waals surface area contributed by atoms with Crippen LogP contribution in [0.1, 0.15) is 39.0 Å². The molecule has 2 aliphatic rings. The van der Waals surface area contributed by atoms with Crippen molar-refractivity contribution in [3.8, 4) is 0 Å². The third-order valence-corrected chi connectivity index (χ3v) is 4.00. The van der Waals surface area contributed by atoms with Crippen molar-refractivity contribution in [3.05, 3.63) is 0 Å². The summed E-state index contributed by atoms with van der Waals surface area (Å²) in [5.74, 6) is 0. The molecule has 0 aromatic heterocycles. The van der Waals surface area contributed by atoms with E-state index >= 15 is 0 Å². The second-order valence-corrected chi connectivity index (χ2v) is 5.52. The number of hydrogen-bond donors (Lipinski definition) is 2. The van der Waals surface area contributed by atoms with Crippen LogP contribution >= 0.6 is 0 Å². The zero-order chi connectivity index (χ0) is 13.0. The van der Waals surface area contributed by atoms with Gasteiger partial charge in [-0.3, -0.25) is 0 Å². The fourth-order valence-corrected chi connectivity index (χ4v) is 2.83. The highest BCUT2D eigenvalue weighted by atomic mass is 16.5. The van der Waals surface area contributed by atoms with Gasteiger partial charge in [0.25, 0.3) is 0 Å². The number of hydrogen-bond acceptors (Lipinski definition) is 3. The molecular formula is C13H25N3O2. The van der Waals surface area contributed by atoms with E-state index in [2.05, 4.69) is 12.2 Å². The standard InChI is InChI=1S/C13H25N3O2/c1-2-7-15-12(17)16-8-9-18-13(10-16)5-3-11(14)4-6-13/h11H,2-10,14H2,1H3,(H,15,17). The number of carbonyl (C=O) groups excluding carboxylic acids is 1. The van der Waals surface area contributed by atoms with Crippen molar-refractivity contribution in [1.29, 1.82) is 0 Å². The quantitative estimate of drug-likeness (QED) is 0.776. The van der Waals surface area contributed by atoms with Crippen LogP contribution in [0.15, 0.2) is 0 Å². The predicted octanol–water partition coefficient (Wildman–Crippen LogP) is 1.08. The molecular weight excluding hydrogens is 230 g/mol. The highest BCUT2D eigenvalue weighted by molar-refractivity contribution is 5.74. The van der Waals surface area contributed by atoms with E-state index in [-0.39, 0.29) is 11.6 Å². The number of carbonyl (C=O) groups is 1. The van der Waals surface area contributed by atoms with Crippen LogP contribution in [-0.4, -0.2) is 48.8 Å². The molecule has 0 atom stereocenters. The van der Waals surface area contributed by atoms with E-state index in [0.717, 1.165) is 45.2 Å². The Morgan fingerprint density at radius 1 is 1.50 bits per heavy atom. The van der Waals surface area contributed by atoms with Gasteiger partial charge in [-0.25, -0.2) is 4.79 Å². The Balaban J connectivity index is 1.89. The van der Waals surface area contributed by atoms with Gasteiger partial charge < -0.3 is 20.7 Å². The van der Waals surface area contributed by atoms with Gasteiger partial charge in [-0.1, -0.05) is 6.92 Å². The Labute approximate surface area is 109 Å². The first-order valence-electron chi connectivity index (χ1n) is 7.07. The van der Waals surface area contributed by atoms with Crippen LogP contribution in [0.5, 0.6) is 0 Å². The molecule has 1 saturated carbocycles. The number of nitrogens with two attached hydrogens (primary N) is 1. The molecule has 1 heterocycles.